The summed E-state index contributed by atoms with van der Waals surface area (Å²) in [5.41, 5.74) is 0.655. The average molecular weight is 352 g/mol. The number of guanidine groups is 1. The van der Waals surface area contributed by atoms with Crippen LogP contribution in [0.4, 0.5) is 8.78 Å². The van der Waals surface area contributed by atoms with E-state index in [0.717, 1.165) is 17.5 Å². The Labute approximate surface area is 145 Å². The minimum atomic E-state index is -0.849. The Hall–Kier alpha value is -2.02. The van der Waals surface area contributed by atoms with E-state index in [2.05, 4.69) is 27.5 Å². The number of hydrogen-bond acceptors (Lipinski definition) is 3. The monoisotopic (exact) mass is 352 g/mol. The van der Waals surface area contributed by atoms with E-state index in [1.165, 1.54) is 10.9 Å². The number of nitrogens with zero attached hydrogens (tertiary/aromatic N) is 2. The molecule has 0 aliphatic carbocycles. The van der Waals surface area contributed by atoms with E-state index < -0.39 is 11.6 Å². The Morgan fingerprint density at radius 2 is 2.08 bits per heavy atom. The zero-order valence-electron chi connectivity index (χ0n) is 14.1. The average Bonchev–Trinajstić information content (AvgIpc) is 3.03. The quantitative estimate of drug-likeness (QED) is 0.614. The van der Waals surface area contributed by atoms with Gasteiger partial charge in [-0.3, -0.25) is 0 Å². The molecule has 2 aromatic rings. The summed E-state index contributed by atoms with van der Waals surface area (Å²) in [6.45, 7) is 7.12. The standard InChI is InChI=1S/C17H22F2N4S/c1-4-13-9-21-16(24-13)10-22-17(20-5-2)23-11(3)12-6-7-14(18)15(19)8-12/h6-9,11H,4-5,10H2,1-3H3,(H2,20,22,23). The van der Waals surface area contributed by atoms with Gasteiger partial charge in [0, 0.05) is 17.6 Å². The molecule has 24 heavy (non-hydrogen) atoms. The van der Waals surface area contributed by atoms with E-state index in [1.54, 1.807) is 17.4 Å². The normalized spacial score (nSPS) is 13.0. The Kier molecular flexibility index (Phi) is 6.66. The summed E-state index contributed by atoms with van der Waals surface area (Å²) >= 11 is 1.65. The summed E-state index contributed by atoms with van der Waals surface area (Å²) in [5.74, 6) is -1.08. The van der Waals surface area contributed by atoms with Crippen LogP contribution in [-0.4, -0.2) is 17.5 Å². The topological polar surface area (TPSA) is 49.3 Å². The molecule has 1 unspecified atom stereocenters. The molecular formula is C17H22F2N4S. The maximum absolute atomic E-state index is 13.4. The van der Waals surface area contributed by atoms with Gasteiger partial charge in [0.05, 0.1) is 12.6 Å². The molecular weight excluding hydrogens is 330 g/mol. The molecule has 0 bridgehead atoms. The highest BCUT2D eigenvalue weighted by molar-refractivity contribution is 7.11. The number of nitrogens with one attached hydrogen (secondary N) is 2. The van der Waals surface area contributed by atoms with Crippen LogP contribution < -0.4 is 10.6 Å². The maximum atomic E-state index is 13.4. The summed E-state index contributed by atoms with van der Waals surface area (Å²) in [6, 6.07) is 3.69. The van der Waals surface area contributed by atoms with Crippen LogP contribution in [0.15, 0.2) is 29.4 Å². The maximum Gasteiger partial charge on any atom is 0.192 e. The van der Waals surface area contributed by atoms with E-state index in [-0.39, 0.29) is 6.04 Å². The molecule has 0 aliphatic heterocycles. The van der Waals surface area contributed by atoms with Crippen LogP contribution in [0.1, 0.15) is 42.3 Å². The molecule has 130 valence electrons. The minimum Gasteiger partial charge on any atom is -0.357 e. The van der Waals surface area contributed by atoms with Crippen molar-refractivity contribution in [1.82, 2.24) is 15.6 Å². The van der Waals surface area contributed by atoms with Crippen LogP contribution in [-0.2, 0) is 13.0 Å². The summed E-state index contributed by atoms with van der Waals surface area (Å²) < 4.78 is 26.4. The van der Waals surface area contributed by atoms with Gasteiger partial charge in [-0.1, -0.05) is 13.0 Å². The van der Waals surface area contributed by atoms with Gasteiger partial charge in [-0.25, -0.2) is 18.8 Å². The molecule has 4 nitrogen and oxygen atoms in total. The lowest BCUT2D eigenvalue weighted by molar-refractivity contribution is 0.504. The van der Waals surface area contributed by atoms with Gasteiger partial charge >= 0.3 is 0 Å². The molecule has 2 N–H and O–H groups in total. The third-order valence-electron chi connectivity index (χ3n) is 3.46. The van der Waals surface area contributed by atoms with Gasteiger partial charge in [-0.05, 0) is 38.0 Å². The number of rotatable bonds is 6. The van der Waals surface area contributed by atoms with Crippen molar-refractivity contribution in [3.63, 3.8) is 0 Å². The molecule has 1 heterocycles. The van der Waals surface area contributed by atoms with Crippen molar-refractivity contribution in [1.29, 1.82) is 0 Å². The lowest BCUT2D eigenvalue weighted by Gasteiger charge is -2.18. The van der Waals surface area contributed by atoms with Crippen molar-refractivity contribution in [2.75, 3.05) is 6.54 Å². The van der Waals surface area contributed by atoms with Crippen molar-refractivity contribution in [2.24, 2.45) is 4.99 Å². The predicted molar refractivity (Wildman–Crippen MR) is 94.2 cm³/mol. The molecule has 0 aliphatic rings. The van der Waals surface area contributed by atoms with E-state index in [4.69, 9.17) is 0 Å². The lowest BCUT2D eigenvalue weighted by atomic mass is 10.1. The number of aromatic nitrogens is 1. The zero-order valence-corrected chi connectivity index (χ0v) is 14.9. The van der Waals surface area contributed by atoms with Gasteiger partial charge in [-0.15, -0.1) is 11.3 Å². The van der Waals surface area contributed by atoms with E-state index >= 15 is 0 Å². The fourth-order valence-electron chi connectivity index (χ4n) is 2.12. The fraction of sp³-hybridized carbons (Fsp3) is 0.412. The first-order chi connectivity index (χ1) is 11.5. The van der Waals surface area contributed by atoms with E-state index in [0.29, 0.717) is 24.6 Å². The van der Waals surface area contributed by atoms with E-state index in [1.807, 2.05) is 20.0 Å². The number of aliphatic imine (C=N–C) groups is 1. The van der Waals surface area contributed by atoms with Gasteiger partial charge in [0.15, 0.2) is 17.6 Å². The van der Waals surface area contributed by atoms with Crippen LogP contribution in [0.3, 0.4) is 0 Å². The molecule has 0 radical (unpaired) electrons. The smallest absolute Gasteiger partial charge is 0.192 e. The number of benzene rings is 1. The number of hydrogen-bond donors (Lipinski definition) is 2. The number of thiazole rings is 1. The van der Waals surface area contributed by atoms with E-state index in [9.17, 15) is 8.78 Å². The van der Waals surface area contributed by atoms with Crippen LogP contribution in [0.5, 0.6) is 0 Å². The predicted octanol–water partition coefficient (Wildman–Crippen LogP) is 3.80. The van der Waals surface area contributed by atoms with Gasteiger partial charge in [0.25, 0.3) is 0 Å². The van der Waals surface area contributed by atoms with Crippen molar-refractivity contribution in [3.05, 3.63) is 51.5 Å². The van der Waals surface area contributed by atoms with Crippen molar-refractivity contribution < 1.29 is 8.78 Å². The molecule has 0 saturated heterocycles. The Morgan fingerprint density at radius 1 is 1.29 bits per heavy atom. The van der Waals surface area contributed by atoms with Gasteiger partial charge in [-0.2, -0.15) is 0 Å². The molecule has 0 fully saturated rings. The summed E-state index contributed by atoms with van der Waals surface area (Å²) in [4.78, 5) is 10.1. The SMILES string of the molecule is CCNC(=NCc1ncc(CC)s1)NC(C)c1ccc(F)c(F)c1. The first kappa shape index (κ1) is 18.3. The Morgan fingerprint density at radius 3 is 2.71 bits per heavy atom. The van der Waals surface area contributed by atoms with Crippen molar-refractivity contribution in [3.8, 4) is 0 Å². The molecule has 1 atom stereocenters. The molecule has 1 aromatic heterocycles. The highest BCUT2D eigenvalue weighted by atomic mass is 32.1. The summed E-state index contributed by atoms with van der Waals surface area (Å²) in [6.07, 6.45) is 2.84. The van der Waals surface area contributed by atoms with Gasteiger partial charge in [0.1, 0.15) is 5.01 Å². The van der Waals surface area contributed by atoms with Crippen LogP contribution in [0.25, 0.3) is 0 Å². The molecule has 1 aromatic carbocycles. The second-order valence-corrected chi connectivity index (χ2v) is 6.51. The highest BCUT2D eigenvalue weighted by Crippen LogP contribution is 2.16. The van der Waals surface area contributed by atoms with Crippen molar-refractivity contribution in [2.45, 2.75) is 39.8 Å². The van der Waals surface area contributed by atoms with Crippen LogP contribution >= 0.6 is 11.3 Å². The summed E-state index contributed by atoms with van der Waals surface area (Å²) in [7, 11) is 0. The van der Waals surface area contributed by atoms with Gasteiger partial charge < -0.3 is 10.6 Å². The number of halogens is 2. The Bertz CT molecular complexity index is 700. The molecule has 0 amide bonds. The molecule has 2 rings (SSSR count). The number of aryl methyl sites for hydroxylation is 1. The first-order valence-corrected chi connectivity index (χ1v) is 8.78. The fourth-order valence-corrected chi connectivity index (χ4v) is 2.91. The van der Waals surface area contributed by atoms with Gasteiger partial charge in [0.2, 0.25) is 0 Å². The largest absolute Gasteiger partial charge is 0.357 e. The minimum absolute atomic E-state index is 0.208. The van der Waals surface area contributed by atoms with Crippen LogP contribution in [0.2, 0.25) is 0 Å². The second kappa shape index (κ2) is 8.73. The Balaban J connectivity index is 2.05. The van der Waals surface area contributed by atoms with Crippen LogP contribution in [0, 0.1) is 11.6 Å². The molecule has 7 heteroatoms. The third kappa shape index (κ3) is 4.99. The molecule has 0 spiro atoms. The van der Waals surface area contributed by atoms with Crippen molar-refractivity contribution >= 4 is 17.3 Å². The third-order valence-corrected chi connectivity index (χ3v) is 4.59. The zero-order chi connectivity index (χ0) is 17.5. The highest BCUT2D eigenvalue weighted by Gasteiger charge is 2.11. The molecule has 0 saturated carbocycles. The summed E-state index contributed by atoms with van der Waals surface area (Å²) in [5, 5.41) is 7.30. The second-order valence-electron chi connectivity index (χ2n) is 5.31. The lowest BCUT2D eigenvalue weighted by Crippen LogP contribution is -2.38. The first-order valence-electron chi connectivity index (χ1n) is 7.96.